The molecule has 1 saturated carbocycles. The third kappa shape index (κ3) is 2.78. The van der Waals surface area contributed by atoms with E-state index in [1.54, 1.807) is 0 Å². The molecule has 0 bridgehead atoms. The van der Waals surface area contributed by atoms with Gasteiger partial charge in [0.2, 0.25) is 0 Å². The van der Waals surface area contributed by atoms with Crippen LogP contribution in [0.3, 0.4) is 0 Å². The molecule has 0 aliphatic heterocycles. The second-order valence-corrected chi connectivity index (χ2v) is 6.30. The summed E-state index contributed by atoms with van der Waals surface area (Å²) < 4.78 is 0. The fourth-order valence-corrected chi connectivity index (χ4v) is 3.72. The molecule has 0 amide bonds. The monoisotopic (exact) mass is 303 g/mol. The van der Waals surface area contributed by atoms with E-state index in [1.165, 1.54) is 31.2 Å². The van der Waals surface area contributed by atoms with Gasteiger partial charge in [-0.25, -0.2) is 0 Å². The molecule has 0 spiro atoms. The van der Waals surface area contributed by atoms with E-state index in [0.29, 0.717) is 12.6 Å². The standard InChI is InChI=1S/C17H22ClN3/c1-21(12-5-2-3-6-12)16(11-19)14-8-9-15(18)13-7-4-10-20-17(13)14/h4,7-10,12,16H,2-3,5-6,11,19H2,1H3. The summed E-state index contributed by atoms with van der Waals surface area (Å²) >= 11 is 6.30. The summed E-state index contributed by atoms with van der Waals surface area (Å²) in [5, 5.41) is 1.76. The molecule has 1 aliphatic carbocycles. The van der Waals surface area contributed by atoms with E-state index >= 15 is 0 Å². The number of pyridine rings is 1. The summed E-state index contributed by atoms with van der Waals surface area (Å²) in [7, 11) is 2.19. The van der Waals surface area contributed by atoms with E-state index < -0.39 is 0 Å². The first-order chi connectivity index (χ1) is 10.2. The fourth-order valence-electron chi connectivity index (χ4n) is 3.51. The topological polar surface area (TPSA) is 42.1 Å². The Morgan fingerprint density at radius 1 is 1.33 bits per heavy atom. The lowest BCUT2D eigenvalue weighted by Crippen LogP contribution is -2.37. The van der Waals surface area contributed by atoms with Crippen molar-refractivity contribution >= 4 is 22.5 Å². The maximum Gasteiger partial charge on any atom is 0.0765 e. The molecule has 4 heteroatoms. The number of hydrogen-bond donors (Lipinski definition) is 1. The highest BCUT2D eigenvalue weighted by atomic mass is 35.5. The van der Waals surface area contributed by atoms with Gasteiger partial charge >= 0.3 is 0 Å². The van der Waals surface area contributed by atoms with Crippen molar-refractivity contribution in [1.29, 1.82) is 0 Å². The van der Waals surface area contributed by atoms with E-state index in [9.17, 15) is 0 Å². The van der Waals surface area contributed by atoms with E-state index in [0.717, 1.165) is 15.9 Å². The molecule has 1 aromatic carbocycles. The van der Waals surface area contributed by atoms with E-state index in [4.69, 9.17) is 17.3 Å². The lowest BCUT2D eigenvalue weighted by Gasteiger charge is -2.33. The first-order valence-electron chi connectivity index (χ1n) is 7.67. The van der Waals surface area contributed by atoms with Gasteiger partial charge in [-0.1, -0.05) is 30.5 Å². The van der Waals surface area contributed by atoms with Crippen molar-refractivity contribution in [1.82, 2.24) is 9.88 Å². The molecule has 1 unspecified atom stereocenters. The number of nitrogens with zero attached hydrogens (tertiary/aromatic N) is 2. The highest BCUT2D eigenvalue weighted by Gasteiger charge is 2.27. The molecular formula is C17H22ClN3. The molecule has 3 rings (SSSR count). The molecular weight excluding hydrogens is 282 g/mol. The highest BCUT2D eigenvalue weighted by Crippen LogP contribution is 2.33. The van der Waals surface area contributed by atoms with Crippen LogP contribution in [0.2, 0.25) is 5.02 Å². The number of hydrogen-bond acceptors (Lipinski definition) is 3. The zero-order valence-corrected chi connectivity index (χ0v) is 13.2. The van der Waals surface area contributed by atoms with Crippen molar-refractivity contribution in [3.63, 3.8) is 0 Å². The van der Waals surface area contributed by atoms with Crippen molar-refractivity contribution in [3.8, 4) is 0 Å². The maximum atomic E-state index is 6.30. The Kier molecular flexibility index (Phi) is 4.43. The van der Waals surface area contributed by atoms with Crippen LogP contribution in [-0.4, -0.2) is 29.5 Å². The summed E-state index contributed by atoms with van der Waals surface area (Å²) in [6.45, 7) is 0.598. The normalized spacial score (nSPS) is 17.7. The predicted octanol–water partition coefficient (Wildman–Crippen LogP) is 3.76. The molecule has 2 aromatic rings. The molecule has 1 atom stereocenters. The Balaban J connectivity index is 2.02. The molecule has 21 heavy (non-hydrogen) atoms. The van der Waals surface area contributed by atoms with E-state index in [-0.39, 0.29) is 6.04 Å². The van der Waals surface area contributed by atoms with Gasteiger partial charge in [0.25, 0.3) is 0 Å². The molecule has 0 radical (unpaired) electrons. The SMILES string of the molecule is CN(C1CCCC1)C(CN)c1ccc(Cl)c2cccnc12. The van der Waals surface area contributed by atoms with Crippen LogP contribution in [0.15, 0.2) is 30.5 Å². The number of nitrogens with two attached hydrogens (primary N) is 1. The van der Waals surface area contributed by atoms with E-state index in [1.807, 2.05) is 24.4 Å². The van der Waals surface area contributed by atoms with Gasteiger partial charge in [0.05, 0.1) is 5.52 Å². The number of aromatic nitrogens is 1. The quantitative estimate of drug-likeness (QED) is 0.935. The van der Waals surface area contributed by atoms with Crippen LogP contribution >= 0.6 is 11.6 Å². The Bertz CT molecular complexity index is 622. The van der Waals surface area contributed by atoms with Crippen LogP contribution in [-0.2, 0) is 0 Å². The number of halogens is 1. The lowest BCUT2D eigenvalue weighted by atomic mass is 10.00. The molecule has 2 N–H and O–H groups in total. The Morgan fingerprint density at radius 3 is 2.81 bits per heavy atom. The van der Waals surface area contributed by atoms with Crippen LogP contribution in [0.25, 0.3) is 10.9 Å². The molecule has 1 heterocycles. The van der Waals surface area contributed by atoms with Crippen molar-refractivity contribution in [3.05, 3.63) is 41.0 Å². The molecule has 1 fully saturated rings. The average Bonchev–Trinajstić information content (AvgIpc) is 3.04. The Labute approximate surface area is 131 Å². The third-order valence-electron chi connectivity index (χ3n) is 4.72. The van der Waals surface area contributed by atoms with Gasteiger partial charge in [-0.15, -0.1) is 0 Å². The van der Waals surface area contributed by atoms with Gasteiger partial charge in [0.1, 0.15) is 0 Å². The Morgan fingerprint density at radius 2 is 2.10 bits per heavy atom. The molecule has 1 aromatic heterocycles. The van der Waals surface area contributed by atoms with Crippen LogP contribution in [0, 0.1) is 0 Å². The van der Waals surface area contributed by atoms with Gasteiger partial charge in [-0.2, -0.15) is 0 Å². The largest absolute Gasteiger partial charge is 0.329 e. The minimum absolute atomic E-state index is 0.197. The number of benzene rings is 1. The van der Waals surface area contributed by atoms with Crippen LogP contribution in [0.4, 0.5) is 0 Å². The van der Waals surface area contributed by atoms with Gasteiger partial charge in [-0.05, 0) is 43.7 Å². The number of likely N-dealkylation sites (N-methyl/N-ethyl adjacent to an activating group) is 1. The first kappa shape index (κ1) is 14.8. The van der Waals surface area contributed by atoms with Crippen molar-refractivity contribution < 1.29 is 0 Å². The molecule has 3 nitrogen and oxygen atoms in total. The fraction of sp³-hybridized carbons (Fsp3) is 0.471. The second-order valence-electron chi connectivity index (χ2n) is 5.89. The van der Waals surface area contributed by atoms with Crippen LogP contribution in [0.5, 0.6) is 0 Å². The predicted molar refractivity (Wildman–Crippen MR) is 88.6 cm³/mol. The van der Waals surface area contributed by atoms with Crippen molar-refractivity contribution in [2.75, 3.05) is 13.6 Å². The highest BCUT2D eigenvalue weighted by molar-refractivity contribution is 6.35. The van der Waals surface area contributed by atoms with Crippen LogP contribution < -0.4 is 5.73 Å². The van der Waals surface area contributed by atoms with Gasteiger partial charge < -0.3 is 5.73 Å². The number of rotatable bonds is 4. The summed E-state index contributed by atoms with van der Waals surface area (Å²) in [6.07, 6.45) is 7.01. The van der Waals surface area contributed by atoms with E-state index in [2.05, 4.69) is 23.0 Å². The van der Waals surface area contributed by atoms with Gasteiger partial charge in [0.15, 0.2) is 0 Å². The summed E-state index contributed by atoms with van der Waals surface area (Å²) in [5.41, 5.74) is 8.26. The van der Waals surface area contributed by atoms with Crippen molar-refractivity contribution in [2.45, 2.75) is 37.8 Å². The molecule has 112 valence electrons. The first-order valence-corrected chi connectivity index (χ1v) is 8.05. The summed E-state index contributed by atoms with van der Waals surface area (Å²) in [5.74, 6) is 0. The summed E-state index contributed by atoms with van der Waals surface area (Å²) in [6, 6.07) is 8.83. The minimum atomic E-state index is 0.197. The van der Waals surface area contributed by atoms with Crippen molar-refractivity contribution in [2.24, 2.45) is 5.73 Å². The van der Waals surface area contributed by atoms with Gasteiger partial charge in [0, 0.05) is 35.2 Å². The Hall–Kier alpha value is -1.16. The average molecular weight is 304 g/mol. The maximum absolute atomic E-state index is 6.30. The smallest absolute Gasteiger partial charge is 0.0765 e. The molecule has 0 saturated heterocycles. The second kappa shape index (κ2) is 6.30. The third-order valence-corrected chi connectivity index (χ3v) is 5.05. The number of fused-ring (bicyclic) bond motifs is 1. The zero-order chi connectivity index (χ0) is 14.8. The zero-order valence-electron chi connectivity index (χ0n) is 12.4. The summed E-state index contributed by atoms with van der Waals surface area (Å²) in [4.78, 5) is 6.99. The van der Waals surface area contributed by atoms with Gasteiger partial charge in [-0.3, -0.25) is 9.88 Å². The van der Waals surface area contributed by atoms with Crippen LogP contribution in [0.1, 0.15) is 37.3 Å². The molecule has 1 aliphatic rings. The minimum Gasteiger partial charge on any atom is -0.329 e. The lowest BCUT2D eigenvalue weighted by molar-refractivity contribution is 0.180.